The summed E-state index contributed by atoms with van der Waals surface area (Å²) in [6, 6.07) is 11.7. The van der Waals surface area contributed by atoms with Gasteiger partial charge in [-0.3, -0.25) is 9.88 Å². The van der Waals surface area contributed by atoms with Crippen molar-refractivity contribution in [3.63, 3.8) is 0 Å². The lowest BCUT2D eigenvalue weighted by Crippen LogP contribution is -2.55. The Morgan fingerprint density at radius 1 is 1.03 bits per heavy atom. The van der Waals surface area contributed by atoms with Crippen LogP contribution in [0.4, 0.5) is 5.69 Å². The first-order valence-electron chi connectivity index (χ1n) is 10.1. The molecular formula is C21H28N4O3S. The molecule has 2 saturated heterocycles. The van der Waals surface area contributed by atoms with Gasteiger partial charge in [-0.25, -0.2) is 8.42 Å². The number of aromatic nitrogens is 1. The van der Waals surface area contributed by atoms with E-state index < -0.39 is 10.0 Å². The molecule has 8 heteroatoms. The minimum Gasteiger partial charge on any atom is -0.497 e. The highest BCUT2D eigenvalue weighted by atomic mass is 32.2. The van der Waals surface area contributed by atoms with E-state index in [0.29, 0.717) is 13.1 Å². The molecule has 0 radical (unpaired) electrons. The number of ether oxygens (including phenoxy) is 1. The van der Waals surface area contributed by atoms with Gasteiger partial charge in [-0.15, -0.1) is 0 Å². The van der Waals surface area contributed by atoms with Gasteiger partial charge in [0, 0.05) is 63.4 Å². The van der Waals surface area contributed by atoms with Crippen molar-refractivity contribution in [3.8, 4) is 5.75 Å². The summed E-state index contributed by atoms with van der Waals surface area (Å²) in [5, 5.41) is 0. The maximum Gasteiger partial charge on any atom is 0.244 e. The fourth-order valence-electron chi connectivity index (χ4n) is 4.22. The molecule has 0 amide bonds. The summed E-state index contributed by atoms with van der Waals surface area (Å²) in [5.74, 6) is 0.865. The van der Waals surface area contributed by atoms with Crippen LogP contribution in [-0.2, 0) is 10.0 Å². The van der Waals surface area contributed by atoms with Gasteiger partial charge < -0.3 is 9.64 Å². The van der Waals surface area contributed by atoms with E-state index in [0.717, 1.165) is 44.8 Å². The van der Waals surface area contributed by atoms with Crippen LogP contribution in [0.5, 0.6) is 5.75 Å². The van der Waals surface area contributed by atoms with Gasteiger partial charge in [0.25, 0.3) is 0 Å². The summed E-state index contributed by atoms with van der Waals surface area (Å²) in [5.41, 5.74) is 1.20. The second kappa shape index (κ2) is 8.69. The topological polar surface area (TPSA) is 66.0 Å². The molecule has 3 heterocycles. The molecule has 1 aromatic heterocycles. The molecule has 0 aliphatic carbocycles. The summed E-state index contributed by atoms with van der Waals surface area (Å²) < 4.78 is 32.8. The van der Waals surface area contributed by atoms with Crippen LogP contribution >= 0.6 is 0 Å². The molecule has 2 fully saturated rings. The second-order valence-corrected chi connectivity index (χ2v) is 9.51. The Balaban J connectivity index is 1.37. The summed E-state index contributed by atoms with van der Waals surface area (Å²) in [7, 11) is -1.80. The quantitative estimate of drug-likeness (QED) is 0.743. The van der Waals surface area contributed by atoms with E-state index in [1.807, 2.05) is 12.1 Å². The monoisotopic (exact) mass is 416 g/mol. The molecule has 156 valence electrons. The Bertz CT molecular complexity index is 897. The minimum atomic E-state index is -3.47. The van der Waals surface area contributed by atoms with E-state index in [9.17, 15) is 8.42 Å². The Labute approximate surface area is 172 Å². The molecule has 0 saturated carbocycles. The zero-order chi connectivity index (χ0) is 20.3. The van der Waals surface area contributed by atoms with E-state index in [-0.39, 0.29) is 10.9 Å². The largest absolute Gasteiger partial charge is 0.497 e. The van der Waals surface area contributed by atoms with E-state index in [4.69, 9.17) is 4.74 Å². The fourth-order valence-corrected chi connectivity index (χ4v) is 5.70. The molecule has 2 aliphatic rings. The molecule has 1 unspecified atom stereocenters. The fraction of sp³-hybridized carbons (Fsp3) is 0.476. The van der Waals surface area contributed by atoms with Gasteiger partial charge in [0.1, 0.15) is 10.6 Å². The number of sulfonamides is 1. The molecule has 0 N–H and O–H groups in total. The highest BCUT2D eigenvalue weighted by Gasteiger charge is 2.34. The third kappa shape index (κ3) is 4.39. The van der Waals surface area contributed by atoms with Crippen LogP contribution < -0.4 is 9.64 Å². The number of nitrogens with zero attached hydrogens (tertiary/aromatic N) is 4. The van der Waals surface area contributed by atoms with Gasteiger partial charge >= 0.3 is 0 Å². The summed E-state index contributed by atoms with van der Waals surface area (Å²) in [4.78, 5) is 9.08. The number of methoxy groups -OCH3 is 1. The number of rotatable bonds is 5. The maximum absolute atomic E-state index is 13.0. The molecular weight excluding hydrogens is 388 g/mol. The van der Waals surface area contributed by atoms with Gasteiger partial charge in [0.15, 0.2) is 0 Å². The lowest BCUT2D eigenvalue weighted by Gasteiger charge is -2.43. The van der Waals surface area contributed by atoms with Crippen LogP contribution in [0.3, 0.4) is 0 Å². The molecule has 1 atom stereocenters. The highest BCUT2D eigenvalue weighted by molar-refractivity contribution is 7.89. The predicted octanol–water partition coefficient (Wildman–Crippen LogP) is 2.07. The second-order valence-electron chi connectivity index (χ2n) is 7.57. The van der Waals surface area contributed by atoms with Gasteiger partial charge in [0.2, 0.25) is 10.0 Å². The first-order valence-corrected chi connectivity index (χ1v) is 11.5. The Kier molecular flexibility index (Phi) is 6.03. The lowest BCUT2D eigenvalue weighted by atomic mass is 10.0. The third-order valence-corrected chi connectivity index (χ3v) is 7.75. The lowest BCUT2D eigenvalue weighted by molar-refractivity contribution is 0.128. The molecule has 2 aliphatic heterocycles. The van der Waals surface area contributed by atoms with Crippen molar-refractivity contribution in [1.82, 2.24) is 14.2 Å². The first-order chi connectivity index (χ1) is 14.1. The number of anilines is 1. The number of pyridine rings is 1. The van der Waals surface area contributed by atoms with Gasteiger partial charge in [-0.2, -0.15) is 4.31 Å². The van der Waals surface area contributed by atoms with Crippen molar-refractivity contribution in [1.29, 1.82) is 0 Å². The minimum absolute atomic E-state index is 0.271. The van der Waals surface area contributed by atoms with Crippen molar-refractivity contribution >= 4 is 15.7 Å². The van der Waals surface area contributed by atoms with Crippen molar-refractivity contribution in [2.75, 3.05) is 51.3 Å². The summed E-state index contributed by atoms with van der Waals surface area (Å²) >= 11 is 0. The van der Waals surface area contributed by atoms with Gasteiger partial charge in [-0.05, 0) is 49.2 Å². The van der Waals surface area contributed by atoms with Crippen molar-refractivity contribution in [3.05, 3.63) is 48.8 Å². The molecule has 0 spiro atoms. The highest BCUT2D eigenvalue weighted by Crippen LogP contribution is 2.25. The Morgan fingerprint density at radius 2 is 1.79 bits per heavy atom. The molecule has 2 aromatic rings. The SMILES string of the molecule is COc1ccc(N2CCN(C3CCCN(S(=O)(=O)c4cccnc4)C3)CC2)cc1. The molecule has 4 rings (SSSR count). The number of benzene rings is 1. The number of hydrogen-bond acceptors (Lipinski definition) is 6. The van der Waals surface area contributed by atoms with Crippen molar-refractivity contribution in [2.24, 2.45) is 0 Å². The maximum atomic E-state index is 13.0. The molecule has 0 bridgehead atoms. The average molecular weight is 417 g/mol. The first kappa shape index (κ1) is 20.1. The van der Waals surface area contributed by atoms with E-state index in [1.165, 1.54) is 11.9 Å². The van der Waals surface area contributed by atoms with Gasteiger partial charge in [-0.1, -0.05) is 0 Å². The van der Waals surface area contributed by atoms with Crippen molar-refractivity contribution in [2.45, 2.75) is 23.8 Å². The third-order valence-electron chi connectivity index (χ3n) is 5.90. The van der Waals surface area contributed by atoms with Gasteiger partial charge in [0.05, 0.1) is 7.11 Å². The molecule has 29 heavy (non-hydrogen) atoms. The zero-order valence-electron chi connectivity index (χ0n) is 16.8. The number of piperazine rings is 1. The summed E-state index contributed by atoms with van der Waals surface area (Å²) in [6.45, 7) is 4.91. The average Bonchev–Trinajstić information content (AvgIpc) is 2.80. The van der Waals surface area contributed by atoms with Crippen LogP contribution in [-0.4, -0.2) is 75.0 Å². The standard InChI is InChI=1S/C21H28N4O3S/c1-28-20-8-6-18(7-9-20)23-12-14-24(15-13-23)19-4-3-11-25(17-19)29(26,27)21-5-2-10-22-16-21/h2,5-10,16,19H,3-4,11-15,17H2,1H3. The molecule has 1 aromatic carbocycles. The molecule has 7 nitrogen and oxygen atoms in total. The zero-order valence-corrected chi connectivity index (χ0v) is 17.6. The van der Waals surface area contributed by atoms with E-state index in [1.54, 1.807) is 29.7 Å². The number of piperidine rings is 1. The van der Waals surface area contributed by atoms with E-state index in [2.05, 4.69) is 26.9 Å². The van der Waals surface area contributed by atoms with Crippen molar-refractivity contribution < 1.29 is 13.2 Å². The Morgan fingerprint density at radius 3 is 2.45 bits per heavy atom. The smallest absolute Gasteiger partial charge is 0.244 e. The number of hydrogen-bond donors (Lipinski definition) is 0. The summed E-state index contributed by atoms with van der Waals surface area (Å²) in [6.07, 6.45) is 4.97. The van der Waals surface area contributed by atoms with Crippen LogP contribution in [0.2, 0.25) is 0 Å². The van der Waals surface area contributed by atoms with E-state index >= 15 is 0 Å². The van der Waals surface area contributed by atoms with Crippen LogP contribution in [0.1, 0.15) is 12.8 Å². The van der Waals surface area contributed by atoms with Crippen LogP contribution in [0.15, 0.2) is 53.7 Å². The van der Waals surface area contributed by atoms with Crippen LogP contribution in [0.25, 0.3) is 0 Å². The Hall–Kier alpha value is -2.16. The predicted molar refractivity (Wildman–Crippen MR) is 113 cm³/mol. The normalized spacial score (nSPS) is 21.8. The van der Waals surface area contributed by atoms with Crippen LogP contribution in [0, 0.1) is 0 Å².